The Hall–Kier alpha value is -1.01. The van der Waals surface area contributed by atoms with Gasteiger partial charge in [0.15, 0.2) is 0 Å². The molecule has 2 rings (SSSR count). The molecule has 0 bridgehead atoms. The zero-order valence-corrected chi connectivity index (χ0v) is 10.0. The van der Waals surface area contributed by atoms with Gasteiger partial charge in [0.1, 0.15) is 11.1 Å². The van der Waals surface area contributed by atoms with Gasteiger partial charge in [-0.3, -0.25) is 10.1 Å². The number of nitrogens with one attached hydrogen (secondary N) is 1. The molecule has 0 aliphatic carbocycles. The fourth-order valence-corrected chi connectivity index (χ4v) is 2.43. The molecular weight excluding hydrogens is 226 g/mol. The third-order valence-electron chi connectivity index (χ3n) is 2.38. The highest BCUT2D eigenvalue weighted by Gasteiger charge is 2.24. The van der Waals surface area contributed by atoms with Crippen LogP contribution in [-0.2, 0) is 16.0 Å². The fraction of sp³-hybridized carbons (Fsp3) is 0.700. The number of aryl methyl sites for hydroxylation is 1. The Morgan fingerprint density at radius 1 is 1.62 bits per heavy atom. The number of amides is 1. The van der Waals surface area contributed by atoms with Gasteiger partial charge in [0, 0.05) is 13.0 Å². The zero-order chi connectivity index (χ0) is 11.4. The average molecular weight is 241 g/mol. The first kappa shape index (κ1) is 11.5. The standard InChI is InChI=1S/C10H15N3O2S/c1-2-4-8-12-13-10(16-8)11-9(14)7-5-3-6-15-7/h7H,2-6H2,1H3,(H,11,13,14)/t7-/m0/s1. The van der Waals surface area contributed by atoms with E-state index < -0.39 is 0 Å². The summed E-state index contributed by atoms with van der Waals surface area (Å²) in [5.74, 6) is -0.100. The lowest BCUT2D eigenvalue weighted by Gasteiger charge is -2.06. The van der Waals surface area contributed by atoms with Crippen LogP contribution in [0.2, 0.25) is 0 Å². The average Bonchev–Trinajstić information content (AvgIpc) is 2.89. The first-order valence-corrected chi connectivity index (χ1v) is 6.36. The van der Waals surface area contributed by atoms with E-state index in [9.17, 15) is 4.79 Å². The Morgan fingerprint density at radius 3 is 3.19 bits per heavy atom. The first-order valence-electron chi connectivity index (χ1n) is 5.54. The molecule has 1 atom stereocenters. The molecule has 1 saturated heterocycles. The molecule has 0 spiro atoms. The number of aromatic nitrogens is 2. The highest BCUT2D eigenvalue weighted by Crippen LogP contribution is 2.19. The third-order valence-corrected chi connectivity index (χ3v) is 3.28. The molecule has 1 fully saturated rings. The van der Waals surface area contributed by atoms with Crippen LogP contribution in [0.25, 0.3) is 0 Å². The van der Waals surface area contributed by atoms with Crippen LogP contribution in [0.5, 0.6) is 0 Å². The Kier molecular flexibility index (Phi) is 3.84. The summed E-state index contributed by atoms with van der Waals surface area (Å²) < 4.78 is 5.29. The van der Waals surface area contributed by atoms with Gasteiger partial charge < -0.3 is 4.74 Å². The summed E-state index contributed by atoms with van der Waals surface area (Å²) in [4.78, 5) is 11.7. The van der Waals surface area contributed by atoms with Crippen LogP contribution >= 0.6 is 11.3 Å². The minimum Gasteiger partial charge on any atom is -0.368 e. The van der Waals surface area contributed by atoms with Crippen molar-refractivity contribution in [1.82, 2.24) is 10.2 Å². The van der Waals surface area contributed by atoms with Gasteiger partial charge in [0.25, 0.3) is 5.91 Å². The maximum atomic E-state index is 11.7. The molecule has 0 saturated carbocycles. The van der Waals surface area contributed by atoms with Crippen molar-refractivity contribution in [1.29, 1.82) is 0 Å². The predicted molar refractivity (Wildman–Crippen MR) is 61.5 cm³/mol. The van der Waals surface area contributed by atoms with E-state index in [0.717, 1.165) is 30.7 Å². The van der Waals surface area contributed by atoms with Crippen molar-refractivity contribution < 1.29 is 9.53 Å². The summed E-state index contributed by atoms with van der Waals surface area (Å²) in [7, 11) is 0. The normalized spacial score (nSPS) is 19.9. The smallest absolute Gasteiger partial charge is 0.255 e. The van der Waals surface area contributed by atoms with Crippen molar-refractivity contribution in [3.05, 3.63) is 5.01 Å². The minimum atomic E-state index is -0.307. The third kappa shape index (κ3) is 2.76. The van der Waals surface area contributed by atoms with Gasteiger partial charge in [-0.05, 0) is 19.3 Å². The molecule has 5 nitrogen and oxygen atoms in total. The summed E-state index contributed by atoms with van der Waals surface area (Å²) in [5.41, 5.74) is 0. The van der Waals surface area contributed by atoms with Crippen LogP contribution in [0, 0.1) is 0 Å². The summed E-state index contributed by atoms with van der Waals surface area (Å²) in [6, 6.07) is 0. The lowest BCUT2D eigenvalue weighted by atomic mass is 10.2. The Morgan fingerprint density at radius 2 is 2.50 bits per heavy atom. The van der Waals surface area contributed by atoms with E-state index in [-0.39, 0.29) is 12.0 Å². The Bertz CT molecular complexity index is 361. The molecule has 1 amide bonds. The maximum absolute atomic E-state index is 11.7. The van der Waals surface area contributed by atoms with E-state index in [1.807, 2.05) is 0 Å². The number of nitrogens with zero attached hydrogens (tertiary/aromatic N) is 2. The second-order valence-electron chi connectivity index (χ2n) is 3.74. The van der Waals surface area contributed by atoms with Crippen molar-refractivity contribution in [2.75, 3.05) is 11.9 Å². The molecule has 6 heteroatoms. The van der Waals surface area contributed by atoms with Crippen LogP contribution in [-0.4, -0.2) is 28.8 Å². The molecule has 0 aromatic carbocycles. The minimum absolute atomic E-state index is 0.100. The summed E-state index contributed by atoms with van der Waals surface area (Å²) >= 11 is 1.43. The quantitative estimate of drug-likeness (QED) is 0.869. The molecule has 0 radical (unpaired) electrons. The second-order valence-corrected chi connectivity index (χ2v) is 4.80. The van der Waals surface area contributed by atoms with E-state index in [4.69, 9.17) is 4.74 Å². The SMILES string of the molecule is CCCc1nnc(NC(=O)[C@@H]2CCCO2)s1. The van der Waals surface area contributed by atoms with Crippen LogP contribution < -0.4 is 5.32 Å². The Balaban J connectivity index is 1.89. The number of anilines is 1. The molecule has 1 aromatic heterocycles. The maximum Gasteiger partial charge on any atom is 0.255 e. The highest BCUT2D eigenvalue weighted by molar-refractivity contribution is 7.15. The number of carbonyl (C=O) groups excluding carboxylic acids is 1. The van der Waals surface area contributed by atoms with Gasteiger partial charge in [-0.2, -0.15) is 0 Å². The van der Waals surface area contributed by atoms with Crippen LogP contribution in [0.4, 0.5) is 5.13 Å². The highest BCUT2D eigenvalue weighted by atomic mass is 32.1. The largest absolute Gasteiger partial charge is 0.368 e. The van der Waals surface area contributed by atoms with Crippen molar-refractivity contribution in [3.63, 3.8) is 0 Å². The lowest BCUT2D eigenvalue weighted by Crippen LogP contribution is -2.26. The Labute approximate surface area is 98.2 Å². The van der Waals surface area contributed by atoms with Crippen LogP contribution in [0.3, 0.4) is 0 Å². The molecule has 2 heterocycles. The van der Waals surface area contributed by atoms with E-state index in [2.05, 4.69) is 22.4 Å². The van der Waals surface area contributed by atoms with Crippen LogP contribution in [0.1, 0.15) is 31.2 Å². The van der Waals surface area contributed by atoms with Crippen LogP contribution in [0.15, 0.2) is 0 Å². The van der Waals surface area contributed by atoms with Crippen molar-refractivity contribution in [3.8, 4) is 0 Å². The lowest BCUT2D eigenvalue weighted by molar-refractivity contribution is -0.124. The molecule has 16 heavy (non-hydrogen) atoms. The number of ether oxygens (including phenoxy) is 1. The fourth-order valence-electron chi connectivity index (χ4n) is 1.59. The van der Waals surface area contributed by atoms with E-state index in [0.29, 0.717) is 11.7 Å². The summed E-state index contributed by atoms with van der Waals surface area (Å²) in [6.45, 7) is 2.77. The van der Waals surface area contributed by atoms with Gasteiger partial charge in [0.2, 0.25) is 5.13 Å². The predicted octanol–water partition coefficient (Wildman–Crippen LogP) is 1.61. The van der Waals surface area contributed by atoms with Crippen molar-refractivity contribution >= 4 is 22.4 Å². The number of rotatable bonds is 4. The molecular formula is C10H15N3O2S. The van der Waals surface area contributed by atoms with Crippen molar-refractivity contribution in [2.45, 2.75) is 38.7 Å². The van der Waals surface area contributed by atoms with Gasteiger partial charge in [-0.1, -0.05) is 18.3 Å². The monoisotopic (exact) mass is 241 g/mol. The summed E-state index contributed by atoms with van der Waals surface area (Å²) in [6.07, 6.45) is 3.39. The van der Waals surface area contributed by atoms with E-state index >= 15 is 0 Å². The van der Waals surface area contributed by atoms with E-state index in [1.54, 1.807) is 0 Å². The molecule has 0 unspecified atom stereocenters. The first-order chi connectivity index (χ1) is 7.79. The molecule has 1 aliphatic rings. The number of hydrogen-bond acceptors (Lipinski definition) is 5. The second kappa shape index (κ2) is 5.36. The van der Waals surface area contributed by atoms with Crippen molar-refractivity contribution in [2.24, 2.45) is 0 Å². The zero-order valence-electron chi connectivity index (χ0n) is 9.23. The number of carbonyl (C=O) groups is 1. The summed E-state index contributed by atoms with van der Waals surface area (Å²) in [5, 5.41) is 12.2. The van der Waals surface area contributed by atoms with E-state index in [1.165, 1.54) is 11.3 Å². The molecule has 1 aliphatic heterocycles. The van der Waals surface area contributed by atoms with Gasteiger partial charge in [-0.25, -0.2) is 0 Å². The van der Waals surface area contributed by atoms with Gasteiger partial charge in [-0.15, -0.1) is 10.2 Å². The van der Waals surface area contributed by atoms with Gasteiger partial charge >= 0.3 is 0 Å². The van der Waals surface area contributed by atoms with Gasteiger partial charge in [0.05, 0.1) is 0 Å². The number of hydrogen-bond donors (Lipinski definition) is 1. The molecule has 88 valence electrons. The topological polar surface area (TPSA) is 64.1 Å². The molecule has 1 aromatic rings. The molecule has 1 N–H and O–H groups in total.